The van der Waals surface area contributed by atoms with E-state index in [4.69, 9.17) is 5.73 Å². The molecular weight excluding hydrogens is 266 g/mol. The number of halogens is 1. The van der Waals surface area contributed by atoms with E-state index >= 15 is 0 Å². The Balaban J connectivity index is 2.09. The monoisotopic (exact) mass is 283 g/mol. The summed E-state index contributed by atoms with van der Waals surface area (Å²) in [6.07, 6.45) is 0. The molecule has 0 amide bonds. The minimum Gasteiger partial charge on any atom is -0.353 e. The third kappa shape index (κ3) is 1.96. The number of aromatic nitrogens is 1. The molecule has 0 atom stereocenters. The highest BCUT2D eigenvalue weighted by Gasteiger charge is 2.42. The van der Waals surface area contributed by atoms with Crippen LogP contribution in [-0.2, 0) is 0 Å². The second kappa shape index (κ2) is 4.00. The first kappa shape index (κ1) is 11.9. The van der Waals surface area contributed by atoms with Gasteiger partial charge in [0.1, 0.15) is 5.82 Å². The summed E-state index contributed by atoms with van der Waals surface area (Å²) in [5.74, 6) is 1.54. The van der Waals surface area contributed by atoms with Gasteiger partial charge >= 0.3 is 0 Å². The van der Waals surface area contributed by atoms with Gasteiger partial charge in [0.15, 0.2) is 0 Å². The summed E-state index contributed by atoms with van der Waals surface area (Å²) in [6, 6.07) is 4.08. The Morgan fingerprint density at radius 2 is 2.06 bits per heavy atom. The van der Waals surface area contributed by atoms with E-state index in [2.05, 4.69) is 39.7 Å². The van der Waals surface area contributed by atoms with Gasteiger partial charge < -0.3 is 10.6 Å². The maximum Gasteiger partial charge on any atom is 0.129 e. The fraction of sp³-hybridized carbons (Fsp3) is 0.583. The van der Waals surface area contributed by atoms with Crippen molar-refractivity contribution in [2.24, 2.45) is 11.7 Å². The van der Waals surface area contributed by atoms with Crippen LogP contribution < -0.4 is 10.6 Å². The van der Waals surface area contributed by atoms with Crippen LogP contribution in [0.3, 0.4) is 0 Å². The van der Waals surface area contributed by atoms with E-state index in [0.717, 1.165) is 29.1 Å². The van der Waals surface area contributed by atoms with E-state index in [1.807, 2.05) is 19.1 Å². The third-order valence-corrected chi connectivity index (χ3v) is 4.29. The lowest BCUT2D eigenvalue weighted by Gasteiger charge is -2.51. The molecule has 0 unspecified atom stereocenters. The largest absolute Gasteiger partial charge is 0.353 e. The van der Waals surface area contributed by atoms with Crippen molar-refractivity contribution in [3.63, 3.8) is 0 Å². The lowest BCUT2D eigenvalue weighted by atomic mass is 9.80. The van der Waals surface area contributed by atoms with Crippen molar-refractivity contribution in [2.75, 3.05) is 18.0 Å². The molecule has 0 saturated carbocycles. The first-order valence-corrected chi connectivity index (χ1v) is 6.39. The molecule has 0 aliphatic carbocycles. The molecule has 1 aromatic rings. The van der Waals surface area contributed by atoms with Crippen molar-refractivity contribution >= 4 is 21.7 Å². The predicted octanol–water partition coefficient (Wildman–Crippen LogP) is 2.33. The molecule has 16 heavy (non-hydrogen) atoms. The molecule has 4 heteroatoms. The van der Waals surface area contributed by atoms with Crippen LogP contribution in [0, 0.1) is 12.8 Å². The van der Waals surface area contributed by atoms with Crippen molar-refractivity contribution in [1.82, 2.24) is 4.98 Å². The molecule has 88 valence electrons. The summed E-state index contributed by atoms with van der Waals surface area (Å²) in [6.45, 7) is 8.16. The molecule has 1 saturated heterocycles. The zero-order valence-corrected chi connectivity index (χ0v) is 11.6. The van der Waals surface area contributed by atoms with Crippen LogP contribution in [0.15, 0.2) is 16.6 Å². The molecule has 0 radical (unpaired) electrons. The normalized spacial score (nSPS) is 18.8. The van der Waals surface area contributed by atoms with Crippen LogP contribution >= 0.6 is 15.9 Å². The fourth-order valence-corrected chi connectivity index (χ4v) is 2.12. The van der Waals surface area contributed by atoms with Crippen LogP contribution in [0.2, 0.25) is 0 Å². The van der Waals surface area contributed by atoms with E-state index < -0.39 is 0 Å². The molecule has 2 rings (SSSR count). The van der Waals surface area contributed by atoms with Gasteiger partial charge in [-0.05, 0) is 40.9 Å². The summed E-state index contributed by atoms with van der Waals surface area (Å²) < 4.78 is 1.06. The van der Waals surface area contributed by atoms with Crippen LogP contribution in [-0.4, -0.2) is 23.6 Å². The lowest BCUT2D eigenvalue weighted by molar-refractivity contribution is 0.243. The van der Waals surface area contributed by atoms with Crippen molar-refractivity contribution in [3.05, 3.63) is 22.3 Å². The van der Waals surface area contributed by atoms with Gasteiger partial charge in [-0.25, -0.2) is 4.98 Å². The smallest absolute Gasteiger partial charge is 0.129 e. The molecule has 1 aliphatic rings. The van der Waals surface area contributed by atoms with Crippen LogP contribution in [0.25, 0.3) is 0 Å². The Hall–Kier alpha value is -0.610. The molecule has 2 N–H and O–H groups in total. The summed E-state index contributed by atoms with van der Waals surface area (Å²) in [5, 5.41) is 0. The molecule has 0 spiro atoms. The average molecular weight is 284 g/mol. The van der Waals surface area contributed by atoms with Crippen molar-refractivity contribution in [2.45, 2.75) is 26.3 Å². The van der Waals surface area contributed by atoms with Gasteiger partial charge in [-0.3, -0.25) is 0 Å². The van der Waals surface area contributed by atoms with E-state index in [0.29, 0.717) is 5.92 Å². The number of hydrogen-bond donors (Lipinski definition) is 1. The Morgan fingerprint density at radius 3 is 2.56 bits per heavy atom. The van der Waals surface area contributed by atoms with Gasteiger partial charge in [0.2, 0.25) is 0 Å². The maximum absolute atomic E-state index is 6.26. The molecule has 3 nitrogen and oxygen atoms in total. The maximum atomic E-state index is 6.26. The second-order valence-electron chi connectivity index (χ2n) is 4.98. The van der Waals surface area contributed by atoms with Crippen LogP contribution in [0.4, 0.5) is 5.82 Å². The Morgan fingerprint density at radius 1 is 1.44 bits per heavy atom. The number of hydrogen-bond acceptors (Lipinski definition) is 3. The molecular formula is C12H18BrN3. The summed E-state index contributed by atoms with van der Waals surface area (Å²) in [7, 11) is 0. The topological polar surface area (TPSA) is 42.2 Å². The Labute approximate surface area is 105 Å². The van der Waals surface area contributed by atoms with Gasteiger partial charge in [0.25, 0.3) is 0 Å². The van der Waals surface area contributed by atoms with Gasteiger partial charge in [-0.15, -0.1) is 0 Å². The molecule has 0 bridgehead atoms. The number of rotatable bonds is 2. The molecule has 1 aliphatic heterocycles. The summed E-state index contributed by atoms with van der Waals surface area (Å²) in [4.78, 5) is 6.78. The zero-order valence-electron chi connectivity index (χ0n) is 10.00. The third-order valence-electron chi connectivity index (χ3n) is 3.45. The Bertz CT molecular complexity index is 397. The molecule has 1 fully saturated rings. The highest BCUT2D eigenvalue weighted by molar-refractivity contribution is 9.10. The second-order valence-corrected chi connectivity index (χ2v) is 5.83. The number of pyridine rings is 1. The summed E-state index contributed by atoms with van der Waals surface area (Å²) >= 11 is 3.46. The standard InChI is InChI=1S/C12H18BrN3/c1-8(2)12(14)6-16(7-12)11-5-4-10(13)9(3)15-11/h4-5,8H,6-7,14H2,1-3H3. The summed E-state index contributed by atoms with van der Waals surface area (Å²) in [5.41, 5.74) is 7.25. The van der Waals surface area contributed by atoms with Crippen LogP contribution in [0.5, 0.6) is 0 Å². The zero-order chi connectivity index (χ0) is 11.9. The predicted molar refractivity (Wildman–Crippen MR) is 70.6 cm³/mol. The molecule has 0 aromatic carbocycles. The van der Waals surface area contributed by atoms with Gasteiger partial charge in [-0.2, -0.15) is 0 Å². The van der Waals surface area contributed by atoms with E-state index in [1.165, 1.54) is 0 Å². The van der Waals surface area contributed by atoms with Crippen molar-refractivity contribution in [1.29, 1.82) is 0 Å². The number of aryl methyl sites for hydroxylation is 1. The quantitative estimate of drug-likeness (QED) is 0.906. The van der Waals surface area contributed by atoms with Crippen LogP contribution in [0.1, 0.15) is 19.5 Å². The minimum absolute atomic E-state index is 0.0390. The van der Waals surface area contributed by atoms with E-state index in [9.17, 15) is 0 Å². The highest BCUT2D eigenvalue weighted by Crippen LogP contribution is 2.30. The molecule has 1 aromatic heterocycles. The molecule has 2 heterocycles. The van der Waals surface area contributed by atoms with Crippen molar-refractivity contribution in [3.8, 4) is 0 Å². The van der Waals surface area contributed by atoms with Gasteiger partial charge in [0, 0.05) is 17.6 Å². The minimum atomic E-state index is -0.0390. The first-order valence-electron chi connectivity index (χ1n) is 5.59. The van der Waals surface area contributed by atoms with E-state index in [1.54, 1.807) is 0 Å². The van der Waals surface area contributed by atoms with Gasteiger partial charge in [-0.1, -0.05) is 13.8 Å². The fourth-order valence-electron chi connectivity index (χ4n) is 1.90. The SMILES string of the molecule is Cc1nc(N2CC(N)(C(C)C)C2)ccc1Br. The van der Waals surface area contributed by atoms with Gasteiger partial charge in [0.05, 0.1) is 11.2 Å². The number of nitrogens with two attached hydrogens (primary N) is 1. The first-order chi connectivity index (χ1) is 7.42. The van der Waals surface area contributed by atoms with Crippen molar-refractivity contribution < 1.29 is 0 Å². The van der Waals surface area contributed by atoms with E-state index in [-0.39, 0.29) is 5.54 Å². The Kier molecular flexibility index (Phi) is 2.97. The number of nitrogens with zero attached hydrogens (tertiary/aromatic N) is 2. The number of anilines is 1. The lowest BCUT2D eigenvalue weighted by Crippen LogP contribution is -2.70. The average Bonchev–Trinajstić information content (AvgIpc) is 2.17. The highest BCUT2D eigenvalue weighted by atomic mass is 79.9.